The minimum absolute atomic E-state index is 0.727. The molecule has 90 valence electrons. The van der Waals surface area contributed by atoms with E-state index in [1.165, 1.54) is 5.69 Å². The van der Waals surface area contributed by atoms with Crippen LogP contribution >= 0.6 is 0 Å². The fraction of sp³-hybridized carbons (Fsp3) is 0.385. The average molecular weight is 231 g/mol. The zero-order chi connectivity index (χ0) is 12.4. The van der Waals surface area contributed by atoms with Crippen LogP contribution in [0.1, 0.15) is 22.8 Å². The number of hydrogen-bond donors (Lipinski definition) is 0. The van der Waals surface area contributed by atoms with Crippen molar-refractivity contribution in [3.63, 3.8) is 0 Å². The number of aromatic nitrogens is 3. The van der Waals surface area contributed by atoms with Crippen molar-refractivity contribution in [1.82, 2.24) is 14.5 Å². The lowest BCUT2D eigenvalue weighted by Gasteiger charge is -2.08. The zero-order valence-electron chi connectivity index (χ0n) is 10.7. The highest BCUT2D eigenvalue weighted by Gasteiger charge is 2.05. The SMILES string of the molecule is COc1cc(C)nc(Cn2cnc(C)c2C)c1. The van der Waals surface area contributed by atoms with Gasteiger partial charge in [-0.3, -0.25) is 4.98 Å². The normalized spacial score (nSPS) is 10.6. The van der Waals surface area contributed by atoms with Crippen LogP contribution in [0.5, 0.6) is 5.75 Å². The van der Waals surface area contributed by atoms with E-state index >= 15 is 0 Å². The summed E-state index contributed by atoms with van der Waals surface area (Å²) in [5.74, 6) is 0.849. The Labute approximate surface area is 101 Å². The van der Waals surface area contributed by atoms with Crippen molar-refractivity contribution >= 4 is 0 Å². The Hall–Kier alpha value is -1.84. The highest BCUT2D eigenvalue weighted by molar-refractivity contribution is 5.27. The molecule has 4 heteroatoms. The fourth-order valence-corrected chi connectivity index (χ4v) is 1.78. The van der Waals surface area contributed by atoms with Crippen LogP contribution in [-0.4, -0.2) is 21.6 Å². The molecule has 4 nitrogen and oxygen atoms in total. The van der Waals surface area contributed by atoms with Gasteiger partial charge in [-0.05, 0) is 20.8 Å². The van der Waals surface area contributed by atoms with Crippen LogP contribution in [0.25, 0.3) is 0 Å². The van der Waals surface area contributed by atoms with Gasteiger partial charge in [0.25, 0.3) is 0 Å². The Morgan fingerprint density at radius 1 is 1.24 bits per heavy atom. The summed E-state index contributed by atoms with van der Waals surface area (Å²) in [6.07, 6.45) is 1.85. The number of nitrogens with zero attached hydrogens (tertiary/aromatic N) is 3. The predicted octanol–water partition coefficient (Wildman–Crippen LogP) is 2.26. The minimum atomic E-state index is 0.727. The van der Waals surface area contributed by atoms with E-state index in [1.54, 1.807) is 7.11 Å². The molecule has 0 saturated carbocycles. The first-order chi connectivity index (χ1) is 8.10. The Balaban J connectivity index is 2.29. The molecule has 0 fully saturated rings. The summed E-state index contributed by atoms with van der Waals surface area (Å²) in [4.78, 5) is 8.78. The number of imidazole rings is 1. The maximum Gasteiger partial charge on any atom is 0.122 e. The van der Waals surface area contributed by atoms with E-state index in [0.29, 0.717) is 0 Å². The number of hydrogen-bond acceptors (Lipinski definition) is 3. The van der Waals surface area contributed by atoms with Gasteiger partial charge in [0.05, 0.1) is 31.4 Å². The first kappa shape index (κ1) is 11.6. The number of pyridine rings is 1. The second-order valence-electron chi connectivity index (χ2n) is 4.18. The van der Waals surface area contributed by atoms with E-state index in [-0.39, 0.29) is 0 Å². The summed E-state index contributed by atoms with van der Waals surface area (Å²) in [6, 6.07) is 3.89. The molecule has 0 radical (unpaired) electrons. The molecule has 0 aliphatic rings. The standard InChI is InChI=1S/C13H17N3O/c1-9-5-13(17-4)6-12(15-9)7-16-8-14-10(2)11(16)3/h5-6,8H,7H2,1-4H3. The van der Waals surface area contributed by atoms with E-state index < -0.39 is 0 Å². The van der Waals surface area contributed by atoms with Gasteiger partial charge in [0.15, 0.2) is 0 Å². The summed E-state index contributed by atoms with van der Waals surface area (Å²) in [5, 5.41) is 0. The summed E-state index contributed by atoms with van der Waals surface area (Å²) in [5.41, 5.74) is 4.19. The third-order valence-corrected chi connectivity index (χ3v) is 2.89. The largest absolute Gasteiger partial charge is 0.497 e. The molecule has 0 amide bonds. The van der Waals surface area contributed by atoms with Gasteiger partial charge in [0.2, 0.25) is 0 Å². The number of methoxy groups -OCH3 is 1. The number of aryl methyl sites for hydroxylation is 2. The molecule has 0 aliphatic carbocycles. The topological polar surface area (TPSA) is 39.9 Å². The minimum Gasteiger partial charge on any atom is -0.497 e. The average Bonchev–Trinajstić information content (AvgIpc) is 2.60. The summed E-state index contributed by atoms with van der Waals surface area (Å²) in [7, 11) is 1.67. The monoisotopic (exact) mass is 231 g/mol. The Bertz CT molecular complexity index is 531. The first-order valence-electron chi connectivity index (χ1n) is 5.60. The van der Waals surface area contributed by atoms with Gasteiger partial charge in [0, 0.05) is 23.5 Å². The van der Waals surface area contributed by atoms with E-state index in [4.69, 9.17) is 4.74 Å². The maximum atomic E-state index is 5.24. The van der Waals surface area contributed by atoms with Crippen molar-refractivity contribution in [3.05, 3.63) is 41.2 Å². The van der Waals surface area contributed by atoms with Gasteiger partial charge in [-0.15, -0.1) is 0 Å². The van der Waals surface area contributed by atoms with Crippen LogP contribution in [0.2, 0.25) is 0 Å². The first-order valence-corrected chi connectivity index (χ1v) is 5.60. The van der Waals surface area contributed by atoms with Gasteiger partial charge < -0.3 is 9.30 Å². The molecule has 0 aromatic carbocycles. The summed E-state index contributed by atoms with van der Waals surface area (Å²) in [6.45, 7) is 6.77. The smallest absolute Gasteiger partial charge is 0.122 e. The van der Waals surface area contributed by atoms with Gasteiger partial charge in [-0.2, -0.15) is 0 Å². The van der Waals surface area contributed by atoms with Crippen LogP contribution in [0.15, 0.2) is 18.5 Å². The molecular formula is C13H17N3O. The molecule has 17 heavy (non-hydrogen) atoms. The zero-order valence-corrected chi connectivity index (χ0v) is 10.7. The molecule has 2 aromatic heterocycles. The highest BCUT2D eigenvalue weighted by Crippen LogP contribution is 2.15. The van der Waals surface area contributed by atoms with Crippen LogP contribution in [0.3, 0.4) is 0 Å². The highest BCUT2D eigenvalue weighted by atomic mass is 16.5. The molecule has 0 spiro atoms. The Kier molecular flexibility index (Phi) is 3.13. The molecule has 2 aromatic rings. The predicted molar refractivity (Wildman–Crippen MR) is 66.3 cm³/mol. The van der Waals surface area contributed by atoms with Crippen molar-refractivity contribution < 1.29 is 4.74 Å². The van der Waals surface area contributed by atoms with Gasteiger partial charge in [-0.1, -0.05) is 0 Å². The van der Waals surface area contributed by atoms with Crippen LogP contribution < -0.4 is 4.74 Å². The molecular weight excluding hydrogens is 214 g/mol. The molecule has 0 atom stereocenters. The van der Waals surface area contributed by atoms with Crippen LogP contribution in [0.4, 0.5) is 0 Å². The molecule has 2 heterocycles. The van der Waals surface area contributed by atoms with E-state index in [0.717, 1.165) is 29.4 Å². The third kappa shape index (κ3) is 2.46. The summed E-state index contributed by atoms with van der Waals surface area (Å²) < 4.78 is 7.34. The van der Waals surface area contributed by atoms with E-state index in [9.17, 15) is 0 Å². The molecule has 0 unspecified atom stereocenters. The Morgan fingerprint density at radius 3 is 2.59 bits per heavy atom. The second-order valence-corrected chi connectivity index (χ2v) is 4.18. The van der Waals surface area contributed by atoms with Crippen molar-refractivity contribution in [2.75, 3.05) is 7.11 Å². The van der Waals surface area contributed by atoms with E-state index in [2.05, 4.69) is 21.5 Å². The van der Waals surface area contributed by atoms with Gasteiger partial charge in [0.1, 0.15) is 5.75 Å². The summed E-state index contributed by atoms with van der Waals surface area (Å²) >= 11 is 0. The van der Waals surface area contributed by atoms with E-state index in [1.807, 2.05) is 32.3 Å². The lowest BCUT2D eigenvalue weighted by Crippen LogP contribution is -2.04. The van der Waals surface area contributed by atoms with Crippen molar-refractivity contribution in [2.45, 2.75) is 27.3 Å². The van der Waals surface area contributed by atoms with Crippen LogP contribution in [-0.2, 0) is 6.54 Å². The maximum absolute atomic E-state index is 5.24. The molecule has 0 bridgehead atoms. The third-order valence-electron chi connectivity index (χ3n) is 2.89. The Morgan fingerprint density at radius 2 is 2.00 bits per heavy atom. The lowest BCUT2D eigenvalue weighted by molar-refractivity contribution is 0.413. The van der Waals surface area contributed by atoms with Crippen molar-refractivity contribution in [2.24, 2.45) is 0 Å². The molecule has 0 N–H and O–H groups in total. The van der Waals surface area contributed by atoms with Crippen LogP contribution in [0, 0.1) is 20.8 Å². The molecule has 0 saturated heterocycles. The van der Waals surface area contributed by atoms with Crippen molar-refractivity contribution in [1.29, 1.82) is 0 Å². The lowest BCUT2D eigenvalue weighted by atomic mass is 10.3. The molecule has 0 aliphatic heterocycles. The van der Waals surface area contributed by atoms with Crippen molar-refractivity contribution in [3.8, 4) is 5.75 Å². The number of ether oxygens (including phenoxy) is 1. The van der Waals surface area contributed by atoms with Gasteiger partial charge >= 0.3 is 0 Å². The number of rotatable bonds is 3. The molecule has 2 rings (SSSR count). The fourth-order valence-electron chi connectivity index (χ4n) is 1.78. The second kappa shape index (κ2) is 4.57. The quantitative estimate of drug-likeness (QED) is 0.813. The van der Waals surface area contributed by atoms with Gasteiger partial charge in [-0.25, -0.2) is 4.98 Å².